The predicted molar refractivity (Wildman–Crippen MR) is 97.5 cm³/mol. The molecule has 0 fully saturated rings. The Morgan fingerprint density at radius 3 is 2.41 bits per heavy atom. The Morgan fingerprint density at radius 2 is 1.70 bits per heavy atom. The molecule has 0 aliphatic carbocycles. The highest BCUT2D eigenvalue weighted by molar-refractivity contribution is 5.94. The molecule has 1 aromatic heterocycles. The number of nitrogens with one attached hydrogen (secondary N) is 1. The van der Waals surface area contributed by atoms with E-state index < -0.39 is 5.97 Å². The number of carbonyl (C=O) groups excluding carboxylic acids is 2. The summed E-state index contributed by atoms with van der Waals surface area (Å²) in [6, 6.07) is 17.8. The second-order valence-corrected chi connectivity index (χ2v) is 5.97. The van der Waals surface area contributed by atoms with Gasteiger partial charge in [-0.2, -0.15) is 0 Å². The van der Waals surface area contributed by atoms with Crippen LogP contribution in [0.5, 0.6) is 0 Å². The average molecular weight is 365 g/mol. The molecule has 0 saturated heterocycles. The first-order valence-electron chi connectivity index (χ1n) is 8.51. The SMILES string of the molecule is C[C@@H](CC(=O)OCc1nnc(-c2ccccc2)o1)NC(=O)c1ccccc1. The molecule has 1 amide bonds. The molecule has 0 unspecified atom stereocenters. The van der Waals surface area contributed by atoms with Crippen LogP contribution in [0.2, 0.25) is 0 Å². The first kappa shape index (κ1) is 18.3. The van der Waals surface area contributed by atoms with Gasteiger partial charge in [0.05, 0.1) is 6.42 Å². The molecule has 7 heteroatoms. The van der Waals surface area contributed by atoms with Gasteiger partial charge in [-0.15, -0.1) is 10.2 Å². The molecule has 1 heterocycles. The van der Waals surface area contributed by atoms with Crippen molar-refractivity contribution < 1.29 is 18.7 Å². The summed E-state index contributed by atoms with van der Waals surface area (Å²) in [5.41, 5.74) is 1.33. The van der Waals surface area contributed by atoms with Gasteiger partial charge < -0.3 is 14.5 Å². The van der Waals surface area contributed by atoms with E-state index in [1.807, 2.05) is 36.4 Å². The lowest BCUT2D eigenvalue weighted by Gasteiger charge is -2.13. The lowest BCUT2D eigenvalue weighted by molar-refractivity contribution is -0.146. The highest BCUT2D eigenvalue weighted by Gasteiger charge is 2.15. The molecule has 1 N–H and O–H groups in total. The van der Waals surface area contributed by atoms with Crippen LogP contribution >= 0.6 is 0 Å². The summed E-state index contributed by atoms with van der Waals surface area (Å²) in [5, 5.41) is 10.6. The van der Waals surface area contributed by atoms with Crippen molar-refractivity contribution in [3.8, 4) is 11.5 Å². The zero-order valence-corrected chi connectivity index (χ0v) is 14.8. The molecule has 2 aromatic carbocycles. The standard InChI is InChI=1S/C20H19N3O4/c1-14(21-19(25)15-8-4-2-5-9-15)12-18(24)26-13-17-22-23-20(27-17)16-10-6-3-7-11-16/h2-11,14H,12-13H2,1H3,(H,21,25)/t14-/m0/s1. The largest absolute Gasteiger partial charge is 0.456 e. The molecule has 138 valence electrons. The fourth-order valence-corrected chi connectivity index (χ4v) is 2.41. The number of hydrogen-bond donors (Lipinski definition) is 1. The maximum atomic E-state index is 12.1. The molecule has 3 aromatic rings. The van der Waals surface area contributed by atoms with E-state index in [1.54, 1.807) is 31.2 Å². The fraction of sp³-hybridized carbons (Fsp3) is 0.200. The minimum atomic E-state index is -0.463. The molecule has 0 aliphatic rings. The number of esters is 1. The molecule has 27 heavy (non-hydrogen) atoms. The van der Waals surface area contributed by atoms with Crippen LogP contribution in [-0.2, 0) is 16.1 Å². The molecule has 0 radical (unpaired) electrons. The summed E-state index contributed by atoms with van der Waals surface area (Å²) in [4.78, 5) is 24.0. The van der Waals surface area contributed by atoms with Crippen molar-refractivity contribution in [3.05, 3.63) is 72.1 Å². The zero-order chi connectivity index (χ0) is 19.1. The van der Waals surface area contributed by atoms with Gasteiger partial charge in [0.2, 0.25) is 5.89 Å². The second kappa shape index (κ2) is 8.75. The van der Waals surface area contributed by atoms with Crippen LogP contribution in [-0.4, -0.2) is 28.1 Å². The summed E-state index contributed by atoms with van der Waals surface area (Å²) in [6.45, 7) is 1.63. The predicted octanol–water partition coefficient (Wildman–Crippen LogP) is 2.99. The van der Waals surface area contributed by atoms with Gasteiger partial charge in [-0.25, -0.2) is 0 Å². The van der Waals surface area contributed by atoms with Crippen LogP contribution in [0, 0.1) is 0 Å². The topological polar surface area (TPSA) is 94.3 Å². The Kier molecular flexibility index (Phi) is 5.94. The van der Waals surface area contributed by atoms with Crippen LogP contribution in [0.15, 0.2) is 65.1 Å². The Labute approximate surface area is 156 Å². The van der Waals surface area contributed by atoms with Crippen molar-refractivity contribution in [2.75, 3.05) is 0 Å². The quantitative estimate of drug-likeness (QED) is 0.647. The first-order valence-corrected chi connectivity index (χ1v) is 8.51. The van der Waals surface area contributed by atoms with Crippen molar-refractivity contribution in [1.82, 2.24) is 15.5 Å². The van der Waals surface area contributed by atoms with E-state index in [0.717, 1.165) is 5.56 Å². The highest BCUT2D eigenvalue weighted by atomic mass is 16.5. The number of ether oxygens (including phenoxy) is 1. The van der Waals surface area contributed by atoms with Gasteiger partial charge in [0.1, 0.15) is 0 Å². The highest BCUT2D eigenvalue weighted by Crippen LogP contribution is 2.17. The summed E-state index contributed by atoms with van der Waals surface area (Å²) in [5.74, 6) is -0.121. The lowest BCUT2D eigenvalue weighted by Crippen LogP contribution is -2.34. The maximum absolute atomic E-state index is 12.1. The number of benzene rings is 2. The third-order valence-corrected chi connectivity index (χ3v) is 3.73. The summed E-state index contributed by atoms with van der Waals surface area (Å²) in [7, 11) is 0. The maximum Gasteiger partial charge on any atom is 0.308 e. The number of hydrogen-bond acceptors (Lipinski definition) is 6. The number of carbonyl (C=O) groups is 2. The molecule has 0 bridgehead atoms. The van der Waals surface area contributed by atoms with E-state index >= 15 is 0 Å². The molecule has 1 atom stereocenters. The number of rotatable bonds is 7. The van der Waals surface area contributed by atoms with Crippen molar-refractivity contribution in [2.24, 2.45) is 0 Å². The molecule has 0 spiro atoms. The van der Waals surface area contributed by atoms with Gasteiger partial charge in [0.25, 0.3) is 11.8 Å². The Bertz CT molecular complexity index is 894. The number of aromatic nitrogens is 2. The van der Waals surface area contributed by atoms with E-state index in [2.05, 4.69) is 15.5 Å². The van der Waals surface area contributed by atoms with Crippen molar-refractivity contribution >= 4 is 11.9 Å². The Balaban J connectivity index is 1.46. The Hall–Kier alpha value is -3.48. The molecule has 0 aliphatic heterocycles. The van der Waals surface area contributed by atoms with E-state index in [-0.39, 0.29) is 30.9 Å². The first-order chi connectivity index (χ1) is 13.1. The monoisotopic (exact) mass is 365 g/mol. The second-order valence-electron chi connectivity index (χ2n) is 5.97. The molecular weight excluding hydrogens is 346 g/mol. The van der Waals surface area contributed by atoms with Crippen molar-refractivity contribution in [2.45, 2.75) is 26.0 Å². The summed E-state index contributed by atoms with van der Waals surface area (Å²) < 4.78 is 10.6. The van der Waals surface area contributed by atoms with E-state index in [1.165, 1.54) is 0 Å². The number of nitrogens with zero attached hydrogens (tertiary/aromatic N) is 2. The van der Waals surface area contributed by atoms with Gasteiger partial charge in [-0.3, -0.25) is 9.59 Å². The van der Waals surface area contributed by atoms with Gasteiger partial charge >= 0.3 is 5.97 Å². The Morgan fingerprint density at radius 1 is 1.04 bits per heavy atom. The van der Waals surface area contributed by atoms with Gasteiger partial charge in [0, 0.05) is 17.2 Å². The smallest absolute Gasteiger partial charge is 0.308 e. The van der Waals surface area contributed by atoms with Gasteiger partial charge in [-0.05, 0) is 31.2 Å². The third-order valence-electron chi connectivity index (χ3n) is 3.73. The van der Waals surface area contributed by atoms with E-state index in [4.69, 9.17) is 9.15 Å². The van der Waals surface area contributed by atoms with Crippen LogP contribution < -0.4 is 5.32 Å². The molecule has 7 nitrogen and oxygen atoms in total. The van der Waals surface area contributed by atoms with E-state index in [0.29, 0.717) is 11.5 Å². The molecule has 3 rings (SSSR count). The van der Waals surface area contributed by atoms with Crippen LogP contribution in [0.4, 0.5) is 0 Å². The minimum Gasteiger partial charge on any atom is -0.456 e. The van der Waals surface area contributed by atoms with Crippen LogP contribution in [0.1, 0.15) is 29.6 Å². The summed E-state index contributed by atoms with van der Waals surface area (Å²) in [6.07, 6.45) is 0.0399. The van der Waals surface area contributed by atoms with Crippen molar-refractivity contribution in [1.29, 1.82) is 0 Å². The number of amides is 1. The zero-order valence-electron chi connectivity index (χ0n) is 14.8. The van der Waals surface area contributed by atoms with Gasteiger partial charge in [-0.1, -0.05) is 36.4 Å². The fourth-order valence-electron chi connectivity index (χ4n) is 2.41. The van der Waals surface area contributed by atoms with Crippen LogP contribution in [0.3, 0.4) is 0 Å². The van der Waals surface area contributed by atoms with Crippen LogP contribution in [0.25, 0.3) is 11.5 Å². The lowest BCUT2D eigenvalue weighted by atomic mass is 10.2. The van der Waals surface area contributed by atoms with Crippen molar-refractivity contribution in [3.63, 3.8) is 0 Å². The average Bonchev–Trinajstić information content (AvgIpc) is 3.17. The molecular formula is C20H19N3O4. The van der Waals surface area contributed by atoms with Gasteiger partial charge in [0.15, 0.2) is 6.61 Å². The third kappa shape index (κ3) is 5.24. The molecule has 0 saturated carbocycles. The van der Waals surface area contributed by atoms with E-state index in [9.17, 15) is 9.59 Å². The minimum absolute atomic E-state index is 0.0399. The normalized spacial score (nSPS) is 11.6. The summed E-state index contributed by atoms with van der Waals surface area (Å²) >= 11 is 0.